The molecule has 1 unspecified atom stereocenters. The smallest absolute Gasteiger partial charge is 0.178 e. The van der Waals surface area contributed by atoms with Gasteiger partial charge in [0.2, 0.25) is 0 Å². The van der Waals surface area contributed by atoms with E-state index in [-0.39, 0.29) is 0 Å². The number of morpholine rings is 1. The molecule has 44 heavy (non-hydrogen) atoms. The van der Waals surface area contributed by atoms with E-state index in [4.69, 9.17) is 18.6 Å². The Morgan fingerprint density at radius 3 is 2.27 bits per heavy atom. The minimum atomic E-state index is -0.851. The molecule has 1 fully saturated rings. The molecule has 6 heteroatoms. The highest BCUT2D eigenvalue weighted by Gasteiger charge is 2.39. The molecule has 1 saturated heterocycles. The lowest BCUT2D eigenvalue weighted by Crippen LogP contribution is -2.36. The molecule has 0 spiro atoms. The molecule has 0 aliphatic carbocycles. The molecule has 0 N–H and O–H groups in total. The van der Waals surface area contributed by atoms with E-state index in [1.807, 2.05) is 18.2 Å². The summed E-state index contributed by atoms with van der Waals surface area (Å²) in [5.74, 6) is 1.56. The highest BCUT2D eigenvalue weighted by atomic mass is 16.5. The van der Waals surface area contributed by atoms with Crippen molar-refractivity contribution in [3.63, 3.8) is 0 Å². The zero-order valence-electron chi connectivity index (χ0n) is 25.2. The van der Waals surface area contributed by atoms with Crippen LogP contribution in [0.4, 0.5) is 11.4 Å². The first-order valence-corrected chi connectivity index (χ1v) is 15.1. The zero-order chi connectivity index (χ0) is 29.8. The molecule has 0 radical (unpaired) electrons. The van der Waals surface area contributed by atoms with Crippen molar-refractivity contribution in [3.8, 4) is 11.5 Å². The van der Waals surface area contributed by atoms with Gasteiger partial charge in [0.1, 0.15) is 11.3 Å². The van der Waals surface area contributed by atoms with Gasteiger partial charge in [0.15, 0.2) is 16.9 Å². The summed E-state index contributed by atoms with van der Waals surface area (Å²) in [6, 6.07) is 31.7. The Morgan fingerprint density at radius 2 is 1.52 bits per heavy atom. The van der Waals surface area contributed by atoms with Crippen molar-refractivity contribution in [3.05, 3.63) is 114 Å². The first-order chi connectivity index (χ1) is 21.6. The van der Waals surface area contributed by atoms with Crippen molar-refractivity contribution < 1.29 is 18.6 Å². The largest absolute Gasteiger partial charge is 0.495 e. The van der Waals surface area contributed by atoms with Gasteiger partial charge in [0.05, 0.1) is 26.0 Å². The predicted octanol–water partition coefficient (Wildman–Crippen LogP) is 8.00. The molecule has 220 valence electrons. The third-order valence-electron chi connectivity index (χ3n) is 9.04. The highest BCUT2D eigenvalue weighted by Crippen LogP contribution is 2.52. The van der Waals surface area contributed by atoms with Crippen molar-refractivity contribution in [2.45, 2.75) is 5.60 Å². The van der Waals surface area contributed by atoms with Crippen molar-refractivity contribution in [1.82, 2.24) is 0 Å². The van der Waals surface area contributed by atoms with E-state index in [9.17, 15) is 0 Å². The van der Waals surface area contributed by atoms with Gasteiger partial charge in [-0.1, -0.05) is 60.7 Å². The van der Waals surface area contributed by atoms with E-state index in [1.54, 1.807) is 7.11 Å². The molecule has 2 aliphatic heterocycles. The SMILES string of the molecule is COc1cc2c3c(c4oc5ccccc5c4c2cc1N1CCOCC1)OC(c1ccccc1)(c1ccc(N(C)C)cc1)C=C3. The topological polar surface area (TPSA) is 47.3 Å². The lowest BCUT2D eigenvalue weighted by atomic mass is 9.82. The fraction of sp³-hybridized carbons (Fsp3) is 0.211. The predicted molar refractivity (Wildman–Crippen MR) is 178 cm³/mol. The van der Waals surface area contributed by atoms with E-state index in [0.717, 1.165) is 85.4 Å². The Hall–Kier alpha value is -4.94. The second kappa shape index (κ2) is 10.4. The first kappa shape index (κ1) is 26.7. The number of para-hydroxylation sites is 1. The number of furan rings is 1. The van der Waals surface area contributed by atoms with Gasteiger partial charge in [-0.3, -0.25) is 0 Å². The maximum atomic E-state index is 7.30. The average Bonchev–Trinajstić information content (AvgIpc) is 3.48. The third-order valence-corrected chi connectivity index (χ3v) is 9.04. The molecule has 3 heterocycles. The van der Waals surface area contributed by atoms with Crippen LogP contribution in [0.1, 0.15) is 16.7 Å². The van der Waals surface area contributed by atoms with Crippen LogP contribution in [0.25, 0.3) is 38.8 Å². The number of methoxy groups -OCH3 is 1. The molecule has 5 aromatic carbocycles. The normalized spacial score (nSPS) is 18.0. The van der Waals surface area contributed by atoms with E-state index < -0.39 is 5.60 Å². The van der Waals surface area contributed by atoms with Crippen molar-refractivity contribution in [1.29, 1.82) is 0 Å². The van der Waals surface area contributed by atoms with Crippen LogP contribution >= 0.6 is 0 Å². The first-order valence-electron chi connectivity index (χ1n) is 15.1. The third kappa shape index (κ3) is 4.05. The van der Waals surface area contributed by atoms with Crippen LogP contribution in [-0.2, 0) is 10.3 Å². The van der Waals surface area contributed by atoms with E-state index in [0.29, 0.717) is 13.2 Å². The van der Waals surface area contributed by atoms with E-state index in [1.165, 1.54) is 0 Å². The summed E-state index contributed by atoms with van der Waals surface area (Å²) in [6.45, 7) is 3.03. The lowest BCUT2D eigenvalue weighted by Gasteiger charge is -2.37. The van der Waals surface area contributed by atoms with E-state index in [2.05, 4.69) is 109 Å². The molecule has 1 aromatic heterocycles. The van der Waals surface area contributed by atoms with Crippen LogP contribution in [-0.4, -0.2) is 47.5 Å². The molecule has 2 aliphatic rings. The standard InChI is InChI=1S/C38H34N2O4/c1-39(2)27-15-13-26(14-16-27)38(25-9-5-4-6-10-25)18-17-28-30-24-34(41-3)32(40-19-21-42-22-20-40)23-31(30)35-29-11-7-8-12-33(29)43-37(35)36(28)44-38/h4-18,23-24H,19-22H2,1-3H3. The van der Waals surface area contributed by atoms with Gasteiger partial charge in [0.25, 0.3) is 0 Å². The van der Waals surface area contributed by atoms with E-state index >= 15 is 0 Å². The number of nitrogens with zero attached hydrogens (tertiary/aromatic N) is 2. The summed E-state index contributed by atoms with van der Waals surface area (Å²) in [6.07, 6.45) is 4.39. The summed E-state index contributed by atoms with van der Waals surface area (Å²) in [7, 11) is 5.85. The monoisotopic (exact) mass is 582 g/mol. The van der Waals surface area contributed by atoms with Gasteiger partial charge in [-0.25, -0.2) is 0 Å². The molecule has 6 nitrogen and oxygen atoms in total. The van der Waals surface area contributed by atoms with Gasteiger partial charge in [-0.15, -0.1) is 0 Å². The van der Waals surface area contributed by atoms with Gasteiger partial charge in [0, 0.05) is 60.3 Å². The number of ether oxygens (including phenoxy) is 3. The van der Waals surface area contributed by atoms with Crippen molar-refractivity contribution in [2.24, 2.45) is 0 Å². The Kier molecular flexibility index (Phi) is 6.27. The number of rotatable bonds is 5. The Balaban J connectivity index is 1.42. The Morgan fingerprint density at radius 1 is 0.795 bits per heavy atom. The molecular weight excluding hydrogens is 548 g/mol. The molecular formula is C38H34N2O4. The Labute approximate surface area is 256 Å². The number of hydrogen-bond donors (Lipinski definition) is 0. The summed E-state index contributed by atoms with van der Waals surface area (Å²) in [5.41, 5.74) is 6.00. The minimum Gasteiger partial charge on any atom is -0.495 e. The maximum absolute atomic E-state index is 7.30. The van der Waals surface area contributed by atoms with Crippen LogP contribution in [0.5, 0.6) is 11.5 Å². The fourth-order valence-corrected chi connectivity index (χ4v) is 6.76. The second-order valence-corrected chi connectivity index (χ2v) is 11.7. The molecule has 0 bridgehead atoms. The molecule has 8 rings (SSSR count). The molecule has 0 amide bonds. The molecule has 0 saturated carbocycles. The van der Waals surface area contributed by atoms with Gasteiger partial charge < -0.3 is 28.4 Å². The number of hydrogen-bond acceptors (Lipinski definition) is 6. The quantitative estimate of drug-likeness (QED) is 0.205. The van der Waals surface area contributed by atoms with Crippen LogP contribution in [0, 0.1) is 0 Å². The van der Waals surface area contributed by atoms with Crippen LogP contribution in [0.2, 0.25) is 0 Å². The lowest BCUT2D eigenvalue weighted by molar-refractivity contribution is 0.122. The number of benzene rings is 5. The zero-order valence-corrected chi connectivity index (χ0v) is 25.2. The summed E-state index contributed by atoms with van der Waals surface area (Å²) < 4.78 is 25.7. The number of fused-ring (bicyclic) bond motifs is 8. The van der Waals surface area contributed by atoms with Gasteiger partial charge in [-0.2, -0.15) is 0 Å². The van der Waals surface area contributed by atoms with Crippen molar-refractivity contribution >= 4 is 50.2 Å². The maximum Gasteiger partial charge on any atom is 0.178 e. The van der Waals surface area contributed by atoms with Gasteiger partial charge >= 0.3 is 0 Å². The second-order valence-electron chi connectivity index (χ2n) is 11.7. The van der Waals surface area contributed by atoms with Gasteiger partial charge in [-0.05, 0) is 53.3 Å². The summed E-state index contributed by atoms with van der Waals surface area (Å²) >= 11 is 0. The highest BCUT2D eigenvalue weighted by molar-refractivity contribution is 6.23. The summed E-state index contributed by atoms with van der Waals surface area (Å²) in [5, 5.41) is 4.29. The average molecular weight is 583 g/mol. The van der Waals surface area contributed by atoms with Crippen molar-refractivity contribution in [2.75, 3.05) is 57.3 Å². The van der Waals surface area contributed by atoms with Crippen LogP contribution < -0.4 is 19.3 Å². The Bertz CT molecular complexity index is 2040. The number of anilines is 2. The van der Waals surface area contributed by atoms with Crippen LogP contribution in [0.15, 0.2) is 101 Å². The van der Waals surface area contributed by atoms with Crippen LogP contribution in [0.3, 0.4) is 0 Å². The molecule has 6 aromatic rings. The summed E-state index contributed by atoms with van der Waals surface area (Å²) in [4.78, 5) is 4.45. The molecule has 1 atom stereocenters. The minimum absolute atomic E-state index is 0.698. The fourth-order valence-electron chi connectivity index (χ4n) is 6.76.